The number of nitrogens with one attached hydrogen (secondary N) is 1. The molecule has 1 aliphatic heterocycles. The van der Waals surface area contributed by atoms with Gasteiger partial charge in [-0.2, -0.15) is 5.10 Å². The number of methoxy groups -OCH3 is 2. The summed E-state index contributed by atoms with van der Waals surface area (Å²) < 4.78 is 16.1. The summed E-state index contributed by atoms with van der Waals surface area (Å²) in [6.07, 6.45) is 0. The lowest BCUT2D eigenvalue weighted by atomic mass is 9.77. The van der Waals surface area contributed by atoms with E-state index in [0.29, 0.717) is 28.5 Å². The predicted molar refractivity (Wildman–Crippen MR) is 123 cm³/mol. The zero-order chi connectivity index (χ0) is 23.4. The Balaban J connectivity index is 1.90. The minimum absolute atomic E-state index is 0.405. The van der Waals surface area contributed by atoms with Gasteiger partial charge in [-0.15, -0.1) is 0 Å². The number of para-hydroxylation sites is 1. The van der Waals surface area contributed by atoms with E-state index in [1.165, 1.54) is 0 Å². The van der Waals surface area contributed by atoms with Crippen LogP contribution in [0.1, 0.15) is 28.5 Å². The molecule has 0 fully saturated rings. The third-order valence-electron chi connectivity index (χ3n) is 5.49. The lowest BCUT2D eigenvalue weighted by Gasteiger charge is -2.24. The average Bonchev–Trinajstić information content (AvgIpc) is 3.17. The maximum atomic E-state index is 13.1. The first-order valence-corrected chi connectivity index (χ1v) is 10.2. The number of hydrogen-bond donors (Lipinski definition) is 2. The molecule has 1 heterocycles. The van der Waals surface area contributed by atoms with Gasteiger partial charge in [-0.1, -0.05) is 30.3 Å². The zero-order valence-corrected chi connectivity index (χ0v) is 18.1. The fourth-order valence-electron chi connectivity index (χ4n) is 3.96. The minimum atomic E-state index is -0.816. The van der Waals surface area contributed by atoms with Gasteiger partial charge in [0, 0.05) is 11.5 Å². The van der Waals surface area contributed by atoms with Crippen LogP contribution in [0.15, 0.2) is 77.9 Å². The maximum Gasteiger partial charge on any atom is 0.332 e. The van der Waals surface area contributed by atoms with E-state index in [4.69, 9.17) is 19.9 Å². The van der Waals surface area contributed by atoms with Crippen molar-refractivity contribution < 1.29 is 23.8 Å². The summed E-state index contributed by atoms with van der Waals surface area (Å²) in [4.78, 5) is 24.6. The molecule has 168 valence electrons. The maximum absolute atomic E-state index is 13.1. The van der Waals surface area contributed by atoms with Crippen LogP contribution < -0.4 is 25.4 Å². The van der Waals surface area contributed by atoms with E-state index in [9.17, 15) is 9.59 Å². The van der Waals surface area contributed by atoms with E-state index in [2.05, 4.69) is 10.5 Å². The van der Waals surface area contributed by atoms with Crippen molar-refractivity contribution >= 4 is 17.7 Å². The quantitative estimate of drug-likeness (QED) is 0.250. The van der Waals surface area contributed by atoms with Gasteiger partial charge in [-0.25, -0.2) is 10.2 Å². The number of carbonyl (C=O) groups excluding carboxylic acids is 2. The van der Waals surface area contributed by atoms with Gasteiger partial charge in [-0.05, 0) is 53.6 Å². The summed E-state index contributed by atoms with van der Waals surface area (Å²) in [6, 6.07) is 21.0. The number of ether oxygens (including phenoxy) is 3. The van der Waals surface area contributed by atoms with Crippen molar-refractivity contribution in [3.8, 4) is 17.2 Å². The molecular weight excluding hydrogens is 422 g/mol. The van der Waals surface area contributed by atoms with Gasteiger partial charge < -0.3 is 19.9 Å². The molecule has 33 heavy (non-hydrogen) atoms. The highest BCUT2D eigenvalue weighted by Gasteiger charge is 2.42. The first-order chi connectivity index (χ1) is 16.0. The van der Waals surface area contributed by atoms with Crippen molar-refractivity contribution in [2.75, 3.05) is 14.2 Å². The molecule has 0 radical (unpaired) electrons. The smallest absolute Gasteiger partial charge is 0.332 e. The highest BCUT2D eigenvalue weighted by Crippen LogP contribution is 2.45. The topological polar surface area (TPSA) is 112 Å². The summed E-state index contributed by atoms with van der Waals surface area (Å²) in [7, 11) is 3.16. The molecule has 4 rings (SSSR count). The molecule has 0 bridgehead atoms. The molecule has 3 aromatic carbocycles. The monoisotopic (exact) mass is 445 g/mol. The number of rotatable bonds is 7. The fraction of sp³-hybridized carbons (Fsp3) is 0.160. The molecule has 2 atom stereocenters. The Hall–Kier alpha value is -4.33. The molecule has 3 aromatic rings. The molecule has 0 saturated heterocycles. The van der Waals surface area contributed by atoms with Gasteiger partial charge in [0.1, 0.15) is 17.2 Å². The van der Waals surface area contributed by atoms with Crippen molar-refractivity contribution in [2.45, 2.75) is 11.8 Å². The number of nitrogens with zero attached hydrogens (tertiary/aromatic N) is 1. The lowest BCUT2D eigenvalue weighted by Crippen LogP contribution is -2.31. The van der Waals surface area contributed by atoms with Gasteiger partial charge in [0.05, 0.1) is 25.8 Å². The van der Waals surface area contributed by atoms with Crippen molar-refractivity contribution in [1.29, 1.82) is 0 Å². The van der Waals surface area contributed by atoms with Crippen molar-refractivity contribution in [2.24, 2.45) is 10.8 Å². The number of carbonyl (C=O) groups is 2. The van der Waals surface area contributed by atoms with Crippen LogP contribution in [0.2, 0.25) is 0 Å². The van der Waals surface area contributed by atoms with Crippen LogP contribution >= 0.6 is 0 Å². The third kappa shape index (κ3) is 4.50. The van der Waals surface area contributed by atoms with Crippen molar-refractivity contribution in [3.63, 3.8) is 0 Å². The molecule has 0 spiro atoms. The van der Waals surface area contributed by atoms with Crippen molar-refractivity contribution in [3.05, 3.63) is 89.5 Å². The number of hydrogen-bond acceptors (Lipinski definition) is 6. The average molecular weight is 445 g/mol. The second-order valence-corrected chi connectivity index (χ2v) is 7.39. The summed E-state index contributed by atoms with van der Waals surface area (Å²) in [5.41, 5.74) is 10.3. The third-order valence-corrected chi connectivity index (χ3v) is 5.49. The first kappa shape index (κ1) is 21.9. The summed E-state index contributed by atoms with van der Waals surface area (Å²) >= 11 is 0. The molecule has 2 unspecified atom stereocenters. The van der Waals surface area contributed by atoms with Crippen LogP contribution in [0.25, 0.3) is 0 Å². The normalized spacial score (nSPS) is 15.9. The number of hydrazone groups is 1. The van der Waals surface area contributed by atoms with E-state index in [1.54, 1.807) is 32.4 Å². The molecule has 1 aliphatic rings. The van der Waals surface area contributed by atoms with E-state index < -0.39 is 23.8 Å². The standard InChI is InChI=1S/C25H23N3O5/c1-31-17-11-7-15(8-12-17)21(22-19-5-3-4-6-20(19)33-24(22)29)23(27-28-25(26)30)16-9-13-18(32-2)14-10-16/h3-14,21-22H,1-2H3,(H3,26,28,30)/b27-23+. The van der Waals surface area contributed by atoms with Gasteiger partial charge >= 0.3 is 12.0 Å². The van der Waals surface area contributed by atoms with Gasteiger partial charge in [0.2, 0.25) is 0 Å². The van der Waals surface area contributed by atoms with Crippen LogP contribution in [-0.2, 0) is 4.79 Å². The van der Waals surface area contributed by atoms with Gasteiger partial charge in [0.15, 0.2) is 0 Å². The van der Waals surface area contributed by atoms with Crippen LogP contribution in [0.5, 0.6) is 17.2 Å². The molecule has 0 aromatic heterocycles. The Morgan fingerprint density at radius 1 is 0.970 bits per heavy atom. The second-order valence-electron chi connectivity index (χ2n) is 7.39. The fourth-order valence-corrected chi connectivity index (χ4v) is 3.96. The van der Waals surface area contributed by atoms with E-state index in [1.807, 2.05) is 54.6 Å². The number of primary amides is 1. The Morgan fingerprint density at radius 3 is 2.18 bits per heavy atom. The second kappa shape index (κ2) is 9.44. The Labute approximate surface area is 191 Å². The first-order valence-electron chi connectivity index (χ1n) is 10.2. The Morgan fingerprint density at radius 2 is 1.58 bits per heavy atom. The predicted octanol–water partition coefficient (Wildman–Crippen LogP) is 3.56. The molecule has 8 heteroatoms. The highest BCUT2D eigenvalue weighted by molar-refractivity contribution is 6.09. The highest BCUT2D eigenvalue weighted by atomic mass is 16.5. The molecule has 3 N–H and O–H groups in total. The van der Waals surface area contributed by atoms with E-state index >= 15 is 0 Å². The zero-order valence-electron chi connectivity index (χ0n) is 18.1. The summed E-state index contributed by atoms with van der Waals surface area (Å²) in [5.74, 6) is 0.148. The van der Waals surface area contributed by atoms with E-state index in [-0.39, 0.29) is 0 Å². The minimum Gasteiger partial charge on any atom is -0.497 e. The van der Waals surface area contributed by atoms with Crippen LogP contribution in [-0.4, -0.2) is 31.9 Å². The Kier molecular flexibility index (Phi) is 6.26. The Bertz CT molecular complexity index is 1190. The molecule has 0 saturated carbocycles. The van der Waals surface area contributed by atoms with Gasteiger partial charge in [0.25, 0.3) is 0 Å². The summed E-state index contributed by atoms with van der Waals surface area (Å²) in [5, 5.41) is 4.33. The molecule has 8 nitrogen and oxygen atoms in total. The van der Waals surface area contributed by atoms with Crippen molar-refractivity contribution in [1.82, 2.24) is 5.43 Å². The number of amides is 2. The summed E-state index contributed by atoms with van der Waals surface area (Å²) in [6.45, 7) is 0. The number of nitrogens with two attached hydrogens (primary N) is 1. The van der Waals surface area contributed by atoms with Crippen LogP contribution in [0.4, 0.5) is 4.79 Å². The molecule has 0 aliphatic carbocycles. The van der Waals surface area contributed by atoms with Crippen LogP contribution in [0.3, 0.4) is 0 Å². The number of esters is 1. The number of urea groups is 1. The number of benzene rings is 3. The number of fused-ring (bicyclic) bond motifs is 1. The SMILES string of the molecule is COc1ccc(/C(=N\NC(N)=O)C(c2ccc(OC)cc2)C2C(=O)Oc3ccccc32)cc1. The van der Waals surface area contributed by atoms with E-state index in [0.717, 1.165) is 11.1 Å². The van der Waals surface area contributed by atoms with Gasteiger partial charge in [-0.3, -0.25) is 4.79 Å². The molecule has 2 amide bonds. The lowest BCUT2D eigenvalue weighted by molar-refractivity contribution is -0.134. The van der Waals surface area contributed by atoms with Crippen LogP contribution in [0, 0.1) is 0 Å². The largest absolute Gasteiger partial charge is 0.497 e. The molecular formula is C25H23N3O5.